The minimum Gasteiger partial charge on any atom is -0.457 e. The topological polar surface area (TPSA) is 69.0 Å². The lowest BCUT2D eigenvalue weighted by atomic mass is 9.92. The third kappa shape index (κ3) is 4.20. The van der Waals surface area contributed by atoms with E-state index in [1.807, 2.05) is 80.6 Å². The molecule has 3 aromatic carbocycles. The van der Waals surface area contributed by atoms with Gasteiger partial charge in [0.2, 0.25) is 5.95 Å². The molecule has 1 aromatic heterocycles. The molecule has 2 heterocycles. The highest BCUT2D eigenvalue weighted by atomic mass is 35.5. The van der Waals surface area contributed by atoms with Gasteiger partial charge in [-0.15, -0.1) is 5.10 Å². The maximum absolute atomic E-state index is 13.4. The summed E-state index contributed by atoms with van der Waals surface area (Å²) in [5.74, 6) is 0.719. The molecule has 34 heavy (non-hydrogen) atoms. The summed E-state index contributed by atoms with van der Waals surface area (Å²) in [4.78, 5) is 18.1. The lowest BCUT2D eigenvalue weighted by molar-refractivity contribution is -0.140. The second-order valence-corrected chi connectivity index (χ2v) is 8.63. The fraction of sp³-hybridized carbons (Fsp3) is 0.148. The Labute approximate surface area is 202 Å². The number of carbonyl (C=O) groups excluding carboxylic acids is 1. The van der Waals surface area contributed by atoms with Crippen LogP contribution in [-0.2, 0) is 16.1 Å². The summed E-state index contributed by atoms with van der Waals surface area (Å²) < 4.78 is 7.50. The van der Waals surface area contributed by atoms with E-state index in [-0.39, 0.29) is 6.61 Å². The highest BCUT2D eigenvalue weighted by molar-refractivity contribution is 6.30. The number of esters is 1. The van der Waals surface area contributed by atoms with Crippen molar-refractivity contribution in [3.05, 3.63) is 112 Å². The number of nitrogens with zero attached hydrogens (tertiary/aromatic N) is 3. The van der Waals surface area contributed by atoms with Gasteiger partial charge >= 0.3 is 5.97 Å². The van der Waals surface area contributed by atoms with E-state index in [1.54, 1.807) is 16.8 Å². The standard InChI is InChI=1S/C27H23ClN4O2/c1-17-8-6-7-11-22(17)24-23(26(33)34-16-19-9-4-3-5-10-19)18(2)29-27-30-25(31-32(24)27)20-12-14-21(28)15-13-20/h3-15,24H,16H2,1-2H3,(H,29,30,31). The highest BCUT2D eigenvalue weighted by Gasteiger charge is 2.36. The van der Waals surface area contributed by atoms with E-state index in [9.17, 15) is 4.79 Å². The monoisotopic (exact) mass is 470 g/mol. The molecule has 7 heteroatoms. The van der Waals surface area contributed by atoms with Crippen molar-refractivity contribution in [2.75, 3.05) is 5.32 Å². The number of aryl methyl sites for hydroxylation is 1. The Balaban J connectivity index is 1.56. The number of hydrogen-bond donors (Lipinski definition) is 1. The van der Waals surface area contributed by atoms with Gasteiger partial charge in [0.15, 0.2) is 5.82 Å². The predicted octanol–water partition coefficient (Wildman–Crippen LogP) is 5.94. The van der Waals surface area contributed by atoms with Crippen LogP contribution in [-0.4, -0.2) is 20.7 Å². The van der Waals surface area contributed by atoms with Crippen molar-refractivity contribution in [1.29, 1.82) is 0 Å². The van der Waals surface area contributed by atoms with E-state index in [4.69, 9.17) is 26.4 Å². The van der Waals surface area contributed by atoms with Gasteiger partial charge in [0, 0.05) is 16.3 Å². The lowest BCUT2D eigenvalue weighted by Gasteiger charge is -2.29. The molecule has 1 aliphatic heterocycles. The third-order valence-corrected chi connectivity index (χ3v) is 6.12. The first-order valence-electron chi connectivity index (χ1n) is 11.0. The zero-order valence-electron chi connectivity index (χ0n) is 18.8. The highest BCUT2D eigenvalue weighted by Crippen LogP contribution is 2.38. The van der Waals surface area contributed by atoms with Crippen molar-refractivity contribution in [2.24, 2.45) is 0 Å². The van der Waals surface area contributed by atoms with Gasteiger partial charge in [-0.05, 0) is 54.8 Å². The molecule has 0 saturated carbocycles. The molecule has 0 saturated heterocycles. The largest absolute Gasteiger partial charge is 0.457 e. The zero-order chi connectivity index (χ0) is 23.7. The van der Waals surface area contributed by atoms with Crippen molar-refractivity contribution < 1.29 is 9.53 Å². The van der Waals surface area contributed by atoms with Crippen LogP contribution < -0.4 is 5.32 Å². The normalized spacial score (nSPS) is 15.0. The average Bonchev–Trinajstić information content (AvgIpc) is 3.27. The molecule has 1 aliphatic rings. The second-order valence-electron chi connectivity index (χ2n) is 8.20. The Morgan fingerprint density at radius 3 is 2.44 bits per heavy atom. The molecule has 1 atom stereocenters. The molecule has 0 spiro atoms. The molecular formula is C27H23ClN4O2. The van der Waals surface area contributed by atoms with Crippen molar-refractivity contribution >= 4 is 23.5 Å². The summed E-state index contributed by atoms with van der Waals surface area (Å²) in [6.07, 6.45) is 0. The number of ether oxygens (including phenoxy) is 1. The smallest absolute Gasteiger partial charge is 0.338 e. The van der Waals surface area contributed by atoms with Crippen molar-refractivity contribution in [3.8, 4) is 11.4 Å². The Kier molecular flexibility index (Phi) is 5.90. The van der Waals surface area contributed by atoms with Crippen LogP contribution in [0.5, 0.6) is 0 Å². The van der Waals surface area contributed by atoms with Crippen molar-refractivity contribution in [1.82, 2.24) is 14.8 Å². The van der Waals surface area contributed by atoms with Crippen LogP contribution in [0.1, 0.15) is 29.7 Å². The second kappa shape index (κ2) is 9.15. The minimum atomic E-state index is -0.478. The molecule has 0 fully saturated rings. The van der Waals surface area contributed by atoms with Gasteiger partial charge in [0.25, 0.3) is 0 Å². The van der Waals surface area contributed by atoms with Crippen LogP contribution in [0.25, 0.3) is 11.4 Å². The third-order valence-electron chi connectivity index (χ3n) is 5.87. The van der Waals surface area contributed by atoms with Crippen molar-refractivity contribution in [3.63, 3.8) is 0 Å². The van der Waals surface area contributed by atoms with Gasteiger partial charge in [-0.25, -0.2) is 9.48 Å². The SMILES string of the molecule is CC1=C(C(=O)OCc2ccccc2)C(c2ccccc2C)n2nc(-c3ccc(Cl)cc3)nc2N1. The number of aromatic nitrogens is 3. The Bertz CT molecular complexity index is 1380. The molecule has 4 aromatic rings. The number of benzene rings is 3. The molecule has 0 radical (unpaired) electrons. The molecular weight excluding hydrogens is 448 g/mol. The summed E-state index contributed by atoms with van der Waals surface area (Å²) in [5.41, 5.74) is 4.97. The van der Waals surface area contributed by atoms with Crippen molar-refractivity contribution in [2.45, 2.75) is 26.5 Å². The van der Waals surface area contributed by atoms with Crippen LogP contribution >= 0.6 is 11.6 Å². The predicted molar refractivity (Wildman–Crippen MR) is 132 cm³/mol. The fourth-order valence-corrected chi connectivity index (χ4v) is 4.24. The van der Waals surface area contributed by atoms with E-state index in [0.29, 0.717) is 28.1 Å². The van der Waals surface area contributed by atoms with Gasteiger partial charge in [-0.3, -0.25) is 0 Å². The number of carbonyl (C=O) groups is 1. The number of fused-ring (bicyclic) bond motifs is 1. The van der Waals surface area contributed by atoms with Crippen LogP contribution in [0.3, 0.4) is 0 Å². The Morgan fingerprint density at radius 2 is 1.71 bits per heavy atom. The van der Waals surface area contributed by atoms with E-state index in [0.717, 1.165) is 22.3 Å². The molecule has 0 bridgehead atoms. The van der Waals surface area contributed by atoms with Gasteiger partial charge in [0.05, 0.1) is 5.57 Å². The summed E-state index contributed by atoms with van der Waals surface area (Å²) >= 11 is 6.05. The Hall–Kier alpha value is -3.90. The van der Waals surface area contributed by atoms with E-state index in [2.05, 4.69) is 5.32 Å². The molecule has 1 N–H and O–H groups in total. The number of anilines is 1. The van der Waals surface area contributed by atoms with E-state index >= 15 is 0 Å². The van der Waals surface area contributed by atoms with Crippen LogP contribution in [0.15, 0.2) is 90.1 Å². The van der Waals surface area contributed by atoms with Gasteiger partial charge in [0.1, 0.15) is 12.6 Å². The molecule has 170 valence electrons. The van der Waals surface area contributed by atoms with Gasteiger partial charge in [-0.1, -0.05) is 66.2 Å². The summed E-state index contributed by atoms with van der Waals surface area (Å²) in [6, 6.07) is 24.5. The van der Waals surface area contributed by atoms with Crippen LogP contribution in [0, 0.1) is 6.92 Å². The van der Waals surface area contributed by atoms with E-state index < -0.39 is 12.0 Å². The zero-order valence-corrected chi connectivity index (χ0v) is 19.6. The number of hydrogen-bond acceptors (Lipinski definition) is 5. The number of halogens is 1. The van der Waals surface area contributed by atoms with Gasteiger partial charge < -0.3 is 10.1 Å². The van der Waals surface area contributed by atoms with Gasteiger partial charge in [-0.2, -0.15) is 4.98 Å². The number of allylic oxidation sites excluding steroid dienone is 1. The lowest BCUT2D eigenvalue weighted by Crippen LogP contribution is -2.30. The van der Waals surface area contributed by atoms with E-state index in [1.165, 1.54) is 0 Å². The first kappa shape index (κ1) is 21.9. The summed E-state index contributed by atoms with van der Waals surface area (Å²) in [7, 11) is 0. The quantitative estimate of drug-likeness (QED) is 0.365. The molecule has 0 amide bonds. The average molecular weight is 471 g/mol. The summed E-state index contributed by atoms with van der Waals surface area (Å²) in [6.45, 7) is 4.08. The first-order valence-corrected chi connectivity index (χ1v) is 11.4. The fourth-order valence-electron chi connectivity index (χ4n) is 4.12. The molecule has 6 nitrogen and oxygen atoms in total. The minimum absolute atomic E-state index is 0.192. The van der Waals surface area contributed by atoms with Crippen LogP contribution in [0.2, 0.25) is 5.02 Å². The number of nitrogens with one attached hydrogen (secondary N) is 1. The Morgan fingerprint density at radius 1 is 1.00 bits per heavy atom. The maximum atomic E-state index is 13.4. The first-order chi connectivity index (χ1) is 16.5. The number of rotatable bonds is 5. The summed E-state index contributed by atoms with van der Waals surface area (Å²) in [5, 5.41) is 8.69. The van der Waals surface area contributed by atoms with Crippen LogP contribution in [0.4, 0.5) is 5.95 Å². The molecule has 5 rings (SSSR count). The molecule has 0 aliphatic carbocycles. The molecule has 1 unspecified atom stereocenters. The maximum Gasteiger partial charge on any atom is 0.338 e.